The van der Waals surface area contributed by atoms with Crippen LogP contribution >= 0.6 is 11.6 Å². The number of hydrogen-bond acceptors (Lipinski definition) is 0. The third kappa shape index (κ3) is 1.72. The molecule has 0 aliphatic heterocycles. The summed E-state index contributed by atoms with van der Waals surface area (Å²) < 4.78 is 0. The fourth-order valence-electron chi connectivity index (χ4n) is 0.844. The van der Waals surface area contributed by atoms with Gasteiger partial charge in [-0.05, 0) is 31.0 Å². The molecule has 0 heterocycles. The van der Waals surface area contributed by atoms with Gasteiger partial charge in [0.05, 0.1) is 0 Å². The zero-order valence-corrected chi connectivity index (χ0v) is 6.29. The Morgan fingerprint density at radius 3 is 2.44 bits per heavy atom. The van der Waals surface area contributed by atoms with Crippen LogP contribution in [0.1, 0.15) is 11.1 Å². The lowest BCUT2D eigenvalue weighted by molar-refractivity contribution is 1.38. The van der Waals surface area contributed by atoms with E-state index in [-0.39, 0.29) is 0 Å². The highest BCUT2D eigenvalue weighted by Gasteiger charge is 1.90. The fourth-order valence-corrected chi connectivity index (χ4v) is 1.16. The van der Waals surface area contributed by atoms with Gasteiger partial charge in [-0.1, -0.05) is 17.7 Å². The van der Waals surface area contributed by atoms with E-state index in [9.17, 15) is 0 Å². The normalized spacial score (nSPS) is 9.67. The first-order chi connectivity index (χ1) is 4.18. The van der Waals surface area contributed by atoms with Crippen LogP contribution in [0, 0.1) is 19.9 Å². The fraction of sp³-hybridized carbons (Fsp3) is 0.250. The summed E-state index contributed by atoms with van der Waals surface area (Å²) >= 11 is 5.69. The maximum absolute atomic E-state index is 5.69. The Morgan fingerprint density at radius 1 is 1.33 bits per heavy atom. The van der Waals surface area contributed by atoms with E-state index in [1.165, 1.54) is 5.56 Å². The molecule has 9 heavy (non-hydrogen) atoms. The molecular weight excluding hydrogens is 132 g/mol. The Morgan fingerprint density at radius 2 is 2.00 bits per heavy atom. The maximum Gasteiger partial charge on any atom is 0.0490 e. The van der Waals surface area contributed by atoms with Crippen LogP contribution in [0.2, 0.25) is 5.02 Å². The second-order valence-corrected chi connectivity index (χ2v) is 2.60. The molecule has 0 N–H and O–H groups in total. The third-order valence-corrected chi connectivity index (χ3v) is 1.32. The summed E-state index contributed by atoms with van der Waals surface area (Å²) in [5, 5.41) is 0.701. The quantitative estimate of drug-likeness (QED) is 0.519. The third-order valence-electron chi connectivity index (χ3n) is 1.12. The highest BCUT2D eigenvalue weighted by molar-refractivity contribution is 6.30. The Kier molecular flexibility index (Phi) is 1.77. The van der Waals surface area contributed by atoms with E-state index in [0.717, 1.165) is 5.56 Å². The van der Waals surface area contributed by atoms with Gasteiger partial charge in [-0.2, -0.15) is 0 Å². The molecule has 1 aromatic rings. The molecule has 1 aromatic carbocycles. The smallest absolute Gasteiger partial charge is 0.0490 e. The van der Waals surface area contributed by atoms with Gasteiger partial charge in [0, 0.05) is 11.1 Å². The molecule has 0 aliphatic carbocycles. The molecular formula is C8H8Cl. The van der Waals surface area contributed by atoms with Crippen LogP contribution in [0.3, 0.4) is 0 Å². The van der Waals surface area contributed by atoms with Crippen molar-refractivity contribution in [3.63, 3.8) is 0 Å². The molecule has 0 fully saturated rings. The van der Waals surface area contributed by atoms with Gasteiger partial charge in [-0.25, -0.2) is 0 Å². The minimum Gasteiger partial charge on any atom is -0.0836 e. The molecule has 0 saturated heterocycles. The van der Waals surface area contributed by atoms with Crippen LogP contribution in [0.5, 0.6) is 0 Å². The second-order valence-electron chi connectivity index (χ2n) is 2.19. The maximum atomic E-state index is 5.69. The van der Waals surface area contributed by atoms with Crippen LogP contribution < -0.4 is 0 Å². The van der Waals surface area contributed by atoms with Crippen LogP contribution in [0.4, 0.5) is 0 Å². The molecule has 0 atom stereocenters. The molecule has 0 saturated carbocycles. The monoisotopic (exact) mass is 139 g/mol. The number of halogens is 1. The molecule has 0 bridgehead atoms. The van der Waals surface area contributed by atoms with Crippen molar-refractivity contribution in [2.24, 2.45) is 0 Å². The van der Waals surface area contributed by atoms with Gasteiger partial charge in [0.15, 0.2) is 0 Å². The number of aryl methyl sites for hydroxylation is 2. The van der Waals surface area contributed by atoms with E-state index < -0.39 is 0 Å². The summed E-state index contributed by atoms with van der Waals surface area (Å²) in [5.74, 6) is 0. The van der Waals surface area contributed by atoms with Crippen molar-refractivity contribution in [2.75, 3.05) is 0 Å². The minimum absolute atomic E-state index is 0.701. The Labute approximate surface area is 60.5 Å². The summed E-state index contributed by atoms with van der Waals surface area (Å²) in [6.45, 7) is 4.01. The van der Waals surface area contributed by atoms with Gasteiger partial charge in [-0.15, -0.1) is 0 Å². The highest BCUT2D eigenvalue weighted by Crippen LogP contribution is 2.11. The number of benzene rings is 1. The largest absolute Gasteiger partial charge is 0.0836 e. The van der Waals surface area contributed by atoms with E-state index in [2.05, 4.69) is 6.07 Å². The minimum atomic E-state index is 0.701. The Hall–Kier alpha value is -0.490. The van der Waals surface area contributed by atoms with Gasteiger partial charge in [0.25, 0.3) is 0 Å². The molecule has 47 valence electrons. The van der Waals surface area contributed by atoms with Crippen molar-refractivity contribution in [1.82, 2.24) is 0 Å². The molecule has 0 unspecified atom stereocenters. The lowest BCUT2D eigenvalue weighted by Gasteiger charge is -1.94. The lowest BCUT2D eigenvalue weighted by Crippen LogP contribution is -1.75. The summed E-state index contributed by atoms with van der Waals surface area (Å²) in [6.07, 6.45) is 0. The first-order valence-corrected chi connectivity index (χ1v) is 3.22. The summed E-state index contributed by atoms with van der Waals surface area (Å²) in [4.78, 5) is 0. The standard InChI is InChI=1S/C8H8Cl/c1-6-3-7(2)5-8(9)4-6/h3-4H,1-2H3. The first-order valence-electron chi connectivity index (χ1n) is 2.84. The zero-order chi connectivity index (χ0) is 6.85. The van der Waals surface area contributed by atoms with Crippen molar-refractivity contribution in [2.45, 2.75) is 13.8 Å². The molecule has 0 aliphatic rings. The van der Waals surface area contributed by atoms with Crippen molar-refractivity contribution in [1.29, 1.82) is 0 Å². The topological polar surface area (TPSA) is 0 Å². The van der Waals surface area contributed by atoms with Crippen molar-refractivity contribution in [3.05, 3.63) is 34.3 Å². The van der Waals surface area contributed by atoms with Crippen molar-refractivity contribution >= 4 is 11.6 Å². The van der Waals surface area contributed by atoms with Crippen LogP contribution in [0.25, 0.3) is 0 Å². The number of hydrogen-bond donors (Lipinski definition) is 0. The number of rotatable bonds is 0. The molecule has 1 radical (unpaired) electrons. The Bertz CT molecular complexity index is 165. The first kappa shape index (κ1) is 6.63. The van der Waals surface area contributed by atoms with Gasteiger partial charge in [-0.3, -0.25) is 0 Å². The van der Waals surface area contributed by atoms with E-state index in [4.69, 9.17) is 11.6 Å². The van der Waals surface area contributed by atoms with Gasteiger partial charge in [0.1, 0.15) is 0 Å². The average Bonchev–Trinajstić information content (AvgIpc) is 1.59. The van der Waals surface area contributed by atoms with Crippen molar-refractivity contribution in [3.8, 4) is 0 Å². The molecule has 0 spiro atoms. The molecule has 0 nitrogen and oxygen atoms in total. The van der Waals surface area contributed by atoms with Crippen LogP contribution in [-0.4, -0.2) is 0 Å². The second kappa shape index (κ2) is 2.40. The Balaban J connectivity index is 3.17. The molecule has 1 rings (SSSR count). The van der Waals surface area contributed by atoms with Gasteiger partial charge < -0.3 is 0 Å². The summed E-state index contributed by atoms with van der Waals surface area (Å²) in [5.41, 5.74) is 2.29. The van der Waals surface area contributed by atoms with E-state index in [1.807, 2.05) is 26.0 Å². The molecule has 0 aromatic heterocycles. The zero-order valence-electron chi connectivity index (χ0n) is 5.53. The van der Waals surface area contributed by atoms with Crippen molar-refractivity contribution < 1.29 is 0 Å². The van der Waals surface area contributed by atoms with E-state index in [1.54, 1.807) is 0 Å². The highest BCUT2D eigenvalue weighted by atomic mass is 35.5. The summed E-state index contributed by atoms with van der Waals surface area (Å²) in [6, 6.07) is 6.92. The molecule has 0 amide bonds. The van der Waals surface area contributed by atoms with Crippen LogP contribution in [0.15, 0.2) is 12.1 Å². The molecule has 1 heteroatoms. The van der Waals surface area contributed by atoms with E-state index >= 15 is 0 Å². The summed E-state index contributed by atoms with van der Waals surface area (Å²) in [7, 11) is 0. The van der Waals surface area contributed by atoms with Gasteiger partial charge in [0.2, 0.25) is 0 Å². The lowest BCUT2D eigenvalue weighted by atomic mass is 10.2. The SMILES string of the molecule is Cc1[c]c(Cl)cc(C)c1. The predicted octanol–water partition coefficient (Wildman–Crippen LogP) is 2.76. The van der Waals surface area contributed by atoms with E-state index in [0.29, 0.717) is 5.02 Å². The van der Waals surface area contributed by atoms with Crippen LogP contribution in [-0.2, 0) is 0 Å². The van der Waals surface area contributed by atoms with Gasteiger partial charge >= 0.3 is 0 Å². The average molecular weight is 140 g/mol. The predicted molar refractivity (Wildman–Crippen MR) is 39.8 cm³/mol.